The monoisotopic (exact) mass is 1510 g/mol. The lowest BCUT2D eigenvalue weighted by atomic mass is 9.78. The van der Waals surface area contributed by atoms with Crippen LogP contribution in [0.2, 0.25) is 0 Å². The van der Waals surface area contributed by atoms with Gasteiger partial charge >= 0.3 is 12.4 Å². The van der Waals surface area contributed by atoms with Crippen LogP contribution in [0.3, 0.4) is 0 Å². The van der Waals surface area contributed by atoms with Crippen LogP contribution in [-0.4, -0.2) is 268 Å². The number of likely N-dealkylation sites (N-methyl/N-ethyl adjacent to an activating group) is 6. The number of likely N-dealkylation sites (tertiary alicyclic amines) is 1. The van der Waals surface area contributed by atoms with E-state index in [-0.39, 0.29) is 115 Å². The van der Waals surface area contributed by atoms with Crippen LogP contribution in [0, 0.1) is 41.4 Å². The number of carbonyl (C=O) groups excluding carboxylic acids is 12. The van der Waals surface area contributed by atoms with Crippen molar-refractivity contribution in [2.24, 2.45) is 41.4 Å². The Morgan fingerprint density at radius 3 is 1.77 bits per heavy atom. The highest BCUT2D eigenvalue weighted by molar-refractivity contribution is 6.21. The topological polar surface area (TPSA) is 270 Å². The van der Waals surface area contributed by atoms with Gasteiger partial charge in [0, 0.05) is 73.8 Å². The second-order valence-electron chi connectivity index (χ2n) is 32.3. The van der Waals surface area contributed by atoms with Gasteiger partial charge < -0.3 is 60.0 Å². The Labute approximate surface area is 619 Å². The number of carbonyl (C=O) groups is 12. The van der Waals surface area contributed by atoms with E-state index in [0.29, 0.717) is 64.5 Å². The van der Waals surface area contributed by atoms with Crippen molar-refractivity contribution < 1.29 is 83.9 Å². The number of hydrogen-bond acceptors (Lipinski definition) is 12. The van der Waals surface area contributed by atoms with Gasteiger partial charge in [-0.2, -0.15) is 26.3 Å². The fraction of sp³-hybridized carbons (Fsp3) is 0.838. The van der Waals surface area contributed by atoms with E-state index in [1.54, 1.807) is 11.8 Å². The van der Waals surface area contributed by atoms with E-state index in [1.807, 2.05) is 20.8 Å². The van der Waals surface area contributed by atoms with Gasteiger partial charge in [0.25, 0.3) is 0 Å². The number of nitrogens with one attached hydrogen (secondary N) is 3. The third-order valence-electron chi connectivity index (χ3n) is 24.8. The van der Waals surface area contributed by atoms with Crippen LogP contribution in [0.4, 0.5) is 26.3 Å². The van der Waals surface area contributed by atoms with E-state index in [0.717, 1.165) is 22.6 Å². The summed E-state index contributed by atoms with van der Waals surface area (Å²) in [4.78, 5) is 192. The Morgan fingerprint density at radius 1 is 0.581 bits per heavy atom. The second-order valence-corrected chi connectivity index (χ2v) is 32.8. The van der Waals surface area contributed by atoms with Crippen LogP contribution in [0.15, 0.2) is 0 Å². The van der Waals surface area contributed by atoms with Crippen LogP contribution < -0.4 is 16.0 Å². The van der Waals surface area contributed by atoms with Crippen molar-refractivity contribution in [2.75, 3.05) is 75.0 Å². The first kappa shape index (κ1) is 84.1. The van der Waals surface area contributed by atoms with Gasteiger partial charge in [0.15, 0.2) is 0 Å². The molecule has 8 rings (SSSR count). The van der Waals surface area contributed by atoms with E-state index in [1.165, 1.54) is 78.6 Å². The first-order valence-corrected chi connectivity index (χ1v) is 38.9. The van der Waals surface area contributed by atoms with Gasteiger partial charge in [0.2, 0.25) is 70.9 Å². The lowest BCUT2D eigenvalue weighted by Crippen LogP contribution is -2.65. The highest BCUT2D eigenvalue weighted by Gasteiger charge is 2.54. The Hall–Kier alpha value is -6.49. The molecule has 0 aromatic heterocycles. The molecule has 4 saturated heterocycles. The smallest absolute Gasteiger partial charge is 0.343 e. The van der Waals surface area contributed by atoms with Crippen molar-refractivity contribution in [1.82, 2.24) is 60.0 Å². The minimum absolute atomic E-state index is 0.0120. The average Bonchev–Trinajstić information content (AvgIpc) is 1.77. The van der Waals surface area contributed by atoms with Gasteiger partial charge in [-0.3, -0.25) is 57.5 Å². The number of amides is 12. The fourth-order valence-electron chi connectivity index (χ4n) is 17.7. The van der Waals surface area contributed by atoms with Crippen molar-refractivity contribution in [3.05, 3.63) is 0 Å². The van der Waals surface area contributed by atoms with Crippen LogP contribution in [-0.2, 0) is 57.5 Å². The standard InChI is InChI=1S/C74H115ClF6N12O12/c1-12-44(4)60-69(103)86(7)45(5)64(98)93-37-31-54(93)67(101)88(9)56(40-47-23-27-49(28-24-47)73(76,77)78)66(100)85(6)42-58(94)82-52(30-26-46-25-29-50(51(75)39-46)74(79,80)81)65(99)92-36-19-22-53(92)63(97)84-72(32-15-16-33-72)71(105)90(11)61(48-20-13-14-21-48)70(104)89(10)57(68(102)91-34-17-18-35-91)41-59(95)87(8)55(38-43(2)3)62(96)83-60/h43-57,60-61H,12-42H2,1-11H3,(H,82,94)(H,83,96)(H,84,97)/t44-,45-,46?,47?,49?,50?,51?,52-,53-,54-,55-,56-,57+,60-,61-/m0/s1. The first-order chi connectivity index (χ1) is 49.3. The van der Waals surface area contributed by atoms with E-state index in [2.05, 4.69) is 16.0 Å². The summed E-state index contributed by atoms with van der Waals surface area (Å²) < 4.78 is 84.2. The van der Waals surface area contributed by atoms with E-state index in [9.17, 15) is 55.1 Å². The zero-order chi connectivity index (χ0) is 77.5. The van der Waals surface area contributed by atoms with Crippen molar-refractivity contribution in [1.29, 1.82) is 0 Å². The van der Waals surface area contributed by atoms with Crippen LogP contribution in [0.25, 0.3) is 0 Å². The average molecular weight is 1510 g/mol. The number of nitrogens with zero attached hydrogens (tertiary/aromatic N) is 9. The maximum atomic E-state index is 15.7. The molecule has 0 aromatic carbocycles. The molecular weight excluding hydrogens is 1400 g/mol. The van der Waals surface area contributed by atoms with E-state index >= 15 is 28.8 Å². The Kier molecular flexibility index (Phi) is 28.6. The largest absolute Gasteiger partial charge is 0.393 e. The molecule has 8 fully saturated rings. The fourth-order valence-corrected chi connectivity index (χ4v) is 18.2. The molecule has 4 heterocycles. The van der Waals surface area contributed by atoms with Crippen molar-refractivity contribution in [3.8, 4) is 0 Å². The number of alkyl halides is 7. The molecule has 0 aromatic rings. The molecule has 24 nitrogen and oxygen atoms in total. The maximum absolute atomic E-state index is 15.7. The normalized spacial score (nSPS) is 32.3. The second kappa shape index (κ2) is 35.7. The van der Waals surface area contributed by atoms with Crippen molar-refractivity contribution >= 4 is 82.5 Å². The van der Waals surface area contributed by atoms with Crippen LogP contribution >= 0.6 is 11.6 Å². The van der Waals surface area contributed by atoms with Gasteiger partial charge in [-0.15, -0.1) is 11.6 Å². The van der Waals surface area contributed by atoms with Gasteiger partial charge in [-0.25, -0.2) is 0 Å². The third-order valence-corrected chi connectivity index (χ3v) is 25.3. The molecule has 592 valence electrons. The summed E-state index contributed by atoms with van der Waals surface area (Å²) in [6.45, 7) is 8.74. The number of hydrogen-bond donors (Lipinski definition) is 3. The predicted molar refractivity (Wildman–Crippen MR) is 377 cm³/mol. The molecule has 4 aliphatic carbocycles. The molecule has 12 amide bonds. The van der Waals surface area contributed by atoms with E-state index in [4.69, 9.17) is 11.6 Å². The summed E-state index contributed by atoms with van der Waals surface area (Å²) in [5.74, 6) is -13.7. The molecule has 8 aliphatic rings. The molecule has 3 N–H and O–H groups in total. The van der Waals surface area contributed by atoms with Gasteiger partial charge in [0.1, 0.15) is 59.9 Å². The van der Waals surface area contributed by atoms with Gasteiger partial charge in [0.05, 0.1) is 24.8 Å². The predicted octanol–water partition coefficient (Wildman–Crippen LogP) is 7.02. The maximum Gasteiger partial charge on any atom is 0.393 e. The van der Waals surface area contributed by atoms with E-state index < -0.39 is 197 Å². The summed E-state index contributed by atoms with van der Waals surface area (Å²) in [6, 6.07) is -11.6. The lowest BCUT2D eigenvalue weighted by Gasteiger charge is -2.45. The van der Waals surface area contributed by atoms with Crippen molar-refractivity contribution in [2.45, 2.75) is 279 Å². The minimum Gasteiger partial charge on any atom is -0.343 e. The quantitative estimate of drug-likeness (QED) is 0.139. The highest BCUT2D eigenvalue weighted by atomic mass is 35.5. The molecular formula is C74H115ClF6N12O12. The number of halogens is 7. The molecule has 1 spiro atoms. The number of fused-ring (bicyclic) bond motifs is 2. The Morgan fingerprint density at radius 2 is 1.20 bits per heavy atom. The number of rotatable bonds is 11. The first-order valence-electron chi connectivity index (χ1n) is 38.5. The molecule has 4 saturated carbocycles. The third kappa shape index (κ3) is 19.7. The highest BCUT2D eigenvalue weighted by Crippen LogP contribution is 2.45. The van der Waals surface area contributed by atoms with Crippen LogP contribution in [0.5, 0.6) is 0 Å². The summed E-state index contributed by atoms with van der Waals surface area (Å²) in [7, 11) is 8.34. The summed E-state index contributed by atoms with van der Waals surface area (Å²) >= 11 is 6.40. The van der Waals surface area contributed by atoms with Crippen LogP contribution in [0.1, 0.15) is 202 Å². The van der Waals surface area contributed by atoms with Gasteiger partial charge in [-0.05, 0) is 165 Å². The molecule has 4 aliphatic heterocycles. The SMILES string of the molecule is CC[C@H](C)[C@@H]1NC(=O)[C@H](CC(C)C)N(C)C(=O)C[C@H](C(=O)N2CCCC2)N(C)C(=O)[C@H](C2CCCC2)N(C)C(=O)C2(CCCC2)NC(=O)[C@@H]2CCCN2C(=O)[C@H](CCC2CCC(C(F)(F)F)C(Cl)C2)NC(=O)CN(C)C(=O)[C@H](CC2CCC(C(F)(F)F)CC2)N(C)C(=O)[C@@H]2CCN2C(=O)[C@H](C)N(C)C1=O. The summed E-state index contributed by atoms with van der Waals surface area (Å²) in [5, 5.41) is 7.46. The van der Waals surface area contributed by atoms with Crippen molar-refractivity contribution in [3.63, 3.8) is 0 Å². The molecule has 0 bridgehead atoms. The summed E-state index contributed by atoms with van der Waals surface area (Å²) in [5.41, 5.74) is -1.59. The van der Waals surface area contributed by atoms with Gasteiger partial charge in [-0.1, -0.05) is 59.8 Å². The zero-order valence-electron chi connectivity index (χ0n) is 63.3. The molecule has 3 unspecified atom stereocenters. The Balaban J connectivity index is 1.17. The molecule has 0 radical (unpaired) electrons. The lowest BCUT2D eigenvalue weighted by molar-refractivity contribution is -0.184. The minimum atomic E-state index is -4.55. The molecule has 31 heteroatoms. The summed E-state index contributed by atoms with van der Waals surface area (Å²) in [6.07, 6.45) is -4.19. The molecule has 105 heavy (non-hydrogen) atoms. The Bertz CT molecular complexity index is 3140. The molecule has 13 atom stereocenters. The zero-order valence-corrected chi connectivity index (χ0v) is 64.1.